The Morgan fingerprint density at radius 1 is 1.26 bits per heavy atom. The lowest BCUT2D eigenvalue weighted by atomic mass is 10.4. The monoisotopic (exact) mass is 317 g/mol. The summed E-state index contributed by atoms with van der Waals surface area (Å²) >= 11 is 13.2. The molecule has 0 saturated carbocycles. The molecule has 2 aromatic rings. The molecule has 19 heavy (non-hydrogen) atoms. The van der Waals surface area contributed by atoms with Crippen molar-refractivity contribution in [2.45, 2.75) is 10.1 Å². The van der Waals surface area contributed by atoms with Gasteiger partial charge in [-0.15, -0.1) is 0 Å². The second-order valence-corrected chi connectivity index (χ2v) is 5.10. The Balaban J connectivity index is 2.34. The summed E-state index contributed by atoms with van der Waals surface area (Å²) in [7, 11) is 1.45. The number of hydrogen-bond acceptors (Lipinski definition) is 7. The van der Waals surface area contributed by atoms with Gasteiger partial charge in [-0.3, -0.25) is 5.43 Å². The summed E-state index contributed by atoms with van der Waals surface area (Å²) in [5.74, 6) is 5.48. The van der Waals surface area contributed by atoms with Gasteiger partial charge < -0.3 is 4.74 Å². The third-order valence-corrected chi connectivity index (χ3v) is 3.60. The molecule has 0 aliphatic rings. The summed E-state index contributed by atoms with van der Waals surface area (Å²) in [6.45, 7) is 0. The summed E-state index contributed by atoms with van der Waals surface area (Å²) in [6, 6.07) is 5.28. The fraction of sp³-hybridized carbons (Fsp3) is 0.100. The minimum atomic E-state index is 0.156. The molecule has 0 amide bonds. The Labute approximate surface area is 123 Å². The SMILES string of the molecule is COc1nc(NN)nc(Sc2cc(Cl)ccc2Cl)n1. The van der Waals surface area contributed by atoms with Crippen molar-refractivity contribution < 1.29 is 4.74 Å². The molecule has 1 aromatic carbocycles. The van der Waals surface area contributed by atoms with Gasteiger partial charge in [0, 0.05) is 9.92 Å². The number of hydrazine groups is 1. The average Bonchev–Trinajstić information content (AvgIpc) is 2.42. The van der Waals surface area contributed by atoms with Gasteiger partial charge in [0.15, 0.2) is 0 Å². The van der Waals surface area contributed by atoms with E-state index in [9.17, 15) is 0 Å². The zero-order chi connectivity index (χ0) is 13.8. The van der Waals surface area contributed by atoms with Crippen LogP contribution in [-0.4, -0.2) is 22.1 Å². The van der Waals surface area contributed by atoms with E-state index in [1.54, 1.807) is 18.2 Å². The molecule has 0 spiro atoms. The molecule has 0 radical (unpaired) electrons. The molecule has 3 N–H and O–H groups in total. The quantitative estimate of drug-likeness (QED) is 0.662. The van der Waals surface area contributed by atoms with E-state index in [2.05, 4.69) is 20.4 Å². The number of hydrogen-bond donors (Lipinski definition) is 2. The normalized spacial score (nSPS) is 10.3. The molecule has 0 unspecified atom stereocenters. The maximum absolute atomic E-state index is 6.07. The number of methoxy groups -OCH3 is 1. The van der Waals surface area contributed by atoms with Gasteiger partial charge in [0.2, 0.25) is 11.1 Å². The molecule has 6 nitrogen and oxygen atoms in total. The van der Waals surface area contributed by atoms with Crippen molar-refractivity contribution in [1.82, 2.24) is 15.0 Å². The van der Waals surface area contributed by atoms with Crippen LogP contribution in [0.5, 0.6) is 6.01 Å². The first-order valence-electron chi connectivity index (χ1n) is 5.02. The summed E-state index contributed by atoms with van der Waals surface area (Å²) in [5.41, 5.74) is 2.34. The fourth-order valence-electron chi connectivity index (χ4n) is 1.19. The van der Waals surface area contributed by atoms with Gasteiger partial charge in [0.1, 0.15) is 0 Å². The molecule has 0 bridgehead atoms. The van der Waals surface area contributed by atoms with Crippen LogP contribution in [0, 0.1) is 0 Å². The van der Waals surface area contributed by atoms with Gasteiger partial charge in [-0.05, 0) is 30.0 Å². The molecule has 0 aliphatic carbocycles. The third kappa shape index (κ3) is 3.60. The van der Waals surface area contributed by atoms with Gasteiger partial charge in [0.05, 0.1) is 12.1 Å². The van der Waals surface area contributed by atoms with E-state index in [0.29, 0.717) is 15.2 Å². The number of nitrogens with zero attached hydrogens (tertiary/aromatic N) is 3. The predicted molar refractivity (Wildman–Crippen MR) is 74.8 cm³/mol. The van der Waals surface area contributed by atoms with Crippen molar-refractivity contribution >= 4 is 40.9 Å². The minimum Gasteiger partial charge on any atom is -0.467 e. The molecule has 1 aromatic heterocycles. The number of nitrogens with one attached hydrogen (secondary N) is 1. The van der Waals surface area contributed by atoms with Crippen molar-refractivity contribution in [3.63, 3.8) is 0 Å². The Morgan fingerprint density at radius 2 is 2.05 bits per heavy atom. The number of aromatic nitrogens is 3. The number of halogens is 2. The van der Waals surface area contributed by atoms with Crippen LogP contribution in [0.4, 0.5) is 5.95 Å². The first-order valence-corrected chi connectivity index (χ1v) is 6.59. The van der Waals surface area contributed by atoms with E-state index in [1.165, 1.54) is 18.9 Å². The largest absolute Gasteiger partial charge is 0.467 e. The van der Waals surface area contributed by atoms with Crippen molar-refractivity contribution in [2.75, 3.05) is 12.5 Å². The number of ether oxygens (including phenoxy) is 1. The van der Waals surface area contributed by atoms with E-state index in [1.807, 2.05) is 0 Å². The molecule has 0 saturated heterocycles. The second-order valence-electron chi connectivity index (χ2n) is 3.25. The van der Waals surface area contributed by atoms with Crippen molar-refractivity contribution in [3.05, 3.63) is 28.2 Å². The van der Waals surface area contributed by atoms with E-state index in [-0.39, 0.29) is 12.0 Å². The lowest BCUT2D eigenvalue weighted by Crippen LogP contribution is -2.12. The minimum absolute atomic E-state index is 0.156. The average molecular weight is 318 g/mol. The standard InChI is InChI=1S/C10H9Cl2N5OS/c1-18-9-14-8(17-13)15-10(16-9)19-7-4-5(11)2-3-6(7)12/h2-4H,13H2,1H3,(H,14,15,16,17). The van der Waals surface area contributed by atoms with Gasteiger partial charge in [0.25, 0.3) is 0 Å². The Morgan fingerprint density at radius 3 is 2.74 bits per heavy atom. The molecular weight excluding hydrogens is 309 g/mol. The molecule has 2 rings (SSSR count). The molecule has 0 aliphatic heterocycles. The number of rotatable bonds is 4. The summed E-state index contributed by atoms with van der Waals surface area (Å²) in [4.78, 5) is 12.8. The zero-order valence-corrected chi connectivity index (χ0v) is 12.1. The Kier molecular flexibility index (Phi) is 4.65. The molecule has 1 heterocycles. The van der Waals surface area contributed by atoms with Crippen molar-refractivity contribution in [3.8, 4) is 6.01 Å². The maximum Gasteiger partial charge on any atom is 0.322 e. The lowest BCUT2D eigenvalue weighted by Gasteiger charge is -2.06. The zero-order valence-electron chi connectivity index (χ0n) is 9.72. The van der Waals surface area contributed by atoms with Gasteiger partial charge in [-0.25, -0.2) is 5.84 Å². The second kappa shape index (κ2) is 6.25. The van der Waals surface area contributed by atoms with E-state index in [0.717, 1.165) is 4.90 Å². The Bertz CT molecular complexity index is 576. The highest BCUT2D eigenvalue weighted by Crippen LogP contribution is 2.34. The molecular formula is C10H9Cl2N5OS. The molecule has 100 valence electrons. The summed E-state index contributed by atoms with van der Waals surface area (Å²) in [5, 5.41) is 1.52. The first kappa shape index (κ1) is 14.1. The maximum atomic E-state index is 6.07. The van der Waals surface area contributed by atoms with Crippen LogP contribution in [0.1, 0.15) is 0 Å². The van der Waals surface area contributed by atoms with Gasteiger partial charge in [-0.1, -0.05) is 23.2 Å². The summed E-state index contributed by atoms with van der Waals surface area (Å²) < 4.78 is 4.96. The lowest BCUT2D eigenvalue weighted by molar-refractivity contribution is 0.373. The van der Waals surface area contributed by atoms with Crippen LogP contribution in [0.25, 0.3) is 0 Å². The van der Waals surface area contributed by atoms with Crippen LogP contribution >= 0.6 is 35.0 Å². The first-order chi connectivity index (χ1) is 9.12. The molecule has 9 heteroatoms. The van der Waals surface area contributed by atoms with Gasteiger partial charge >= 0.3 is 6.01 Å². The van der Waals surface area contributed by atoms with Crippen molar-refractivity contribution in [1.29, 1.82) is 0 Å². The van der Waals surface area contributed by atoms with Crippen LogP contribution in [0.15, 0.2) is 28.3 Å². The highest BCUT2D eigenvalue weighted by atomic mass is 35.5. The smallest absolute Gasteiger partial charge is 0.322 e. The van der Waals surface area contributed by atoms with Crippen LogP contribution < -0.4 is 16.0 Å². The molecule has 0 fully saturated rings. The van der Waals surface area contributed by atoms with E-state index in [4.69, 9.17) is 33.8 Å². The Hall–Kier alpha value is -1.28. The highest BCUT2D eigenvalue weighted by Gasteiger charge is 2.10. The fourth-order valence-corrected chi connectivity index (χ4v) is 2.47. The topological polar surface area (TPSA) is 86.0 Å². The molecule has 0 atom stereocenters. The summed E-state index contributed by atoms with van der Waals surface area (Å²) in [6.07, 6.45) is 0. The number of anilines is 1. The van der Waals surface area contributed by atoms with E-state index >= 15 is 0 Å². The van der Waals surface area contributed by atoms with Crippen molar-refractivity contribution in [2.24, 2.45) is 5.84 Å². The van der Waals surface area contributed by atoms with Gasteiger partial charge in [-0.2, -0.15) is 15.0 Å². The van der Waals surface area contributed by atoms with Crippen LogP contribution in [0.3, 0.4) is 0 Å². The third-order valence-electron chi connectivity index (χ3n) is 2.00. The van der Waals surface area contributed by atoms with E-state index < -0.39 is 0 Å². The number of nitrogens with two attached hydrogens (primary N) is 1. The highest BCUT2D eigenvalue weighted by molar-refractivity contribution is 7.99. The van der Waals surface area contributed by atoms with Crippen LogP contribution in [-0.2, 0) is 0 Å². The predicted octanol–water partition coefficient (Wildman–Crippen LogP) is 2.62. The number of benzene rings is 1. The number of nitrogen functional groups attached to an aromatic ring is 1. The van der Waals surface area contributed by atoms with Crippen LogP contribution in [0.2, 0.25) is 10.0 Å².